The molecule has 0 saturated heterocycles. The maximum Gasteiger partial charge on any atom is 0.0716 e. The molecule has 0 heterocycles. The van der Waals surface area contributed by atoms with Crippen molar-refractivity contribution in [1.29, 1.82) is 0 Å². The van der Waals surface area contributed by atoms with Gasteiger partial charge in [0.05, 0.1) is 12.6 Å². The smallest absolute Gasteiger partial charge is 0.0716 e. The average Bonchev–Trinajstić information content (AvgIpc) is 2.29. The lowest BCUT2D eigenvalue weighted by molar-refractivity contribution is -0.255. The maximum atomic E-state index is 10.5. The molecule has 0 aromatic heterocycles. The SMILES string of the molecule is CCCCCOCc1ccc(C(=O)[O-])cc1. The van der Waals surface area contributed by atoms with Crippen LogP contribution in [0.5, 0.6) is 0 Å². The van der Waals surface area contributed by atoms with Crippen molar-refractivity contribution in [2.45, 2.75) is 32.8 Å². The van der Waals surface area contributed by atoms with Crippen LogP contribution in [0.4, 0.5) is 0 Å². The van der Waals surface area contributed by atoms with Crippen LogP contribution in [0.15, 0.2) is 24.3 Å². The molecule has 0 amide bonds. The Morgan fingerprint density at radius 1 is 1.25 bits per heavy atom. The molecule has 0 aliphatic heterocycles. The summed E-state index contributed by atoms with van der Waals surface area (Å²) in [6.07, 6.45) is 3.45. The van der Waals surface area contributed by atoms with E-state index in [1.54, 1.807) is 24.3 Å². The summed E-state index contributed by atoms with van der Waals surface area (Å²) in [5.41, 5.74) is 1.19. The Morgan fingerprint density at radius 3 is 2.50 bits per heavy atom. The van der Waals surface area contributed by atoms with E-state index in [0.717, 1.165) is 18.6 Å². The van der Waals surface area contributed by atoms with E-state index in [9.17, 15) is 9.90 Å². The van der Waals surface area contributed by atoms with Crippen LogP contribution < -0.4 is 5.11 Å². The first-order valence-corrected chi connectivity index (χ1v) is 5.62. The molecule has 88 valence electrons. The van der Waals surface area contributed by atoms with Gasteiger partial charge in [-0.15, -0.1) is 0 Å². The quantitative estimate of drug-likeness (QED) is 0.659. The highest BCUT2D eigenvalue weighted by Gasteiger charge is 1.95. The van der Waals surface area contributed by atoms with Gasteiger partial charge in [0.15, 0.2) is 0 Å². The zero-order valence-electron chi connectivity index (χ0n) is 9.57. The fraction of sp³-hybridized carbons (Fsp3) is 0.462. The van der Waals surface area contributed by atoms with Crippen molar-refractivity contribution in [3.05, 3.63) is 35.4 Å². The van der Waals surface area contributed by atoms with Crippen molar-refractivity contribution in [1.82, 2.24) is 0 Å². The Hall–Kier alpha value is -1.35. The molecule has 0 radical (unpaired) electrons. The lowest BCUT2D eigenvalue weighted by Gasteiger charge is -2.06. The zero-order valence-corrected chi connectivity index (χ0v) is 9.57. The van der Waals surface area contributed by atoms with Crippen LogP contribution >= 0.6 is 0 Å². The lowest BCUT2D eigenvalue weighted by atomic mass is 10.1. The fourth-order valence-electron chi connectivity index (χ4n) is 1.38. The highest BCUT2D eigenvalue weighted by molar-refractivity contribution is 5.85. The number of unbranched alkanes of at least 4 members (excludes halogenated alkanes) is 2. The minimum absolute atomic E-state index is 0.203. The highest BCUT2D eigenvalue weighted by atomic mass is 16.5. The second-order valence-electron chi connectivity index (χ2n) is 3.74. The standard InChI is InChI=1S/C13H18O3/c1-2-3-4-9-16-10-11-5-7-12(8-6-11)13(14)15/h5-8H,2-4,9-10H2,1H3,(H,14,15)/p-1. The van der Waals surface area contributed by atoms with Gasteiger partial charge < -0.3 is 14.6 Å². The fourth-order valence-corrected chi connectivity index (χ4v) is 1.38. The molecule has 0 spiro atoms. The predicted molar refractivity (Wildman–Crippen MR) is 60.0 cm³/mol. The van der Waals surface area contributed by atoms with Gasteiger partial charge in [0, 0.05) is 6.61 Å². The number of carboxylic acids is 1. The summed E-state index contributed by atoms with van der Waals surface area (Å²) in [5, 5.41) is 10.5. The summed E-state index contributed by atoms with van der Waals surface area (Å²) in [6, 6.07) is 6.59. The van der Waals surface area contributed by atoms with Gasteiger partial charge in [-0.25, -0.2) is 0 Å². The van der Waals surface area contributed by atoms with E-state index in [-0.39, 0.29) is 5.56 Å². The van der Waals surface area contributed by atoms with Crippen molar-refractivity contribution < 1.29 is 14.6 Å². The maximum absolute atomic E-state index is 10.5. The third-order valence-electron chi connectivity index (χ3n) is 2.35. The van der Waals surface area contributed by atoms with Crippen LogP contribution in [0, 0.1) is 0 Å². The molecule has 0 aliphatic carbocycles. The average molecular weight is 221 g/mol. The molecular formula is C13H17O3-. The van der Waals surface area contributed by atoms with Crippen molar-refractivity contribution >= 4 is 5.97 Å². The van der Waals surface area contributed by atoms with Gasteiger partial charge in [-0.2, -0.15) is 0 Å². The Kier molecular flexibility index (Phi) is 5.57. The van der Waals surface area contributed by atoms with Crippen LogP contribution in [0.3, 0.4) is 0 Å². The lowest BCUT2D eigenvalue weighted by Crippen LogP contribution is -2.22. The van der Waals surface area contributed by atoms with Crippen molar-refractivity contribution in [3.8, 4) is 0 Å². The van der Waals surface area contributed by atoms with Gasteiger partial charge in [-0.1, -0.05) is 44.0 Å². The summed E-state index contributed by atoms with van der Waals surface area (Å²) in [7, 11) is 0. The first-order valence-electron chi connectivity index (χ1n) is 5.62. The summed E-state index contributed by atoms with van der Waals surface area (Å²) >= 11 is 0. The second kappa shape index (κ2) is 7.01. The van der Waals surface area contributed by atoms with E-state index < -0.39 is 5.97 Å². The highest BCUT2D eigenvalue weighted by Crippen LogP contribution is 2.05. The molecule has 3 heteroatoms. The minimum atomic E-state index is -1.14. The monoisotopic (exact) mass is 221 g/mol. The first-order chi connectivity index (χ1) is 7.74. The molecule has 3 nitrogen and oxygen atoms in total. The number of carbonyl (C=O) groups is 1. The number of hydrogen-bond acceptors (Lipinski definition) is 3. The van der Waals surface area contributed by atoms with Gasteiger partial charge in [-0.05, 0) is 17.5 Å². The number of benzene rings is 1. The van der Waals surface area contributed by atoms with Crippen LogP contribution in [0.25, 0.3) is 0 Å². The third kappa shape index (κ3) is 4.45. The Balaban J connectivity index is 2.29. The van der Waals surface area contributed by atoms with Gasteiger partial charge in [-0.3, -0.25) is 0 Å². The number of hydrogen-bond donors (Lipinski definition) is 0. The molecule has 1 aromatic rings. The number of carbonyl (C=O) groups excluding carboxylic acids is 1. The molecular weight excluding hydrogens is 204 g/mol. The van der Waals surface area contributed by atoms with E-state index in [1.165, 1.54) is 12.8 Å². The molecule has 16 heavy (non-hydrogen) atoms. The van der Waals surface area contributed by atoms with Gasteiger partial charge >= 0.3 is 0 Å². The Labute approximate surface area is 96.1 Å². The minimum Gasteiger partial charge on any atom is -0.545 e. The summed E-state index contributed by atoms with van der Waals surface area (Å²) in [5.74, 6) is -1.14. The molecule has 0 unspecified atom stereocenters. The molecule has 0 aliphatic rings. The predicted octanol–water partition coefficient (Wildman–Crippen LogP) is 1.76. The Morgan fingerprint density at radius 2 is 1.94 bits per heavy atom. The molecule has 0 saturated carbocycles. The van der Waals surface area contributed by atoms with Crippen LogP contribution in [-0.2, 0) is 11.3 Å². The summed E-state index contributed by atoms with van der Waals surface area (Å²) in [6.45, 7) is 3.45. The largest absolute Gasteiger partial charge is 0.545 e. The van der Waals surface area contributed by atoms with E-state index in [4.69, 9.17) is 4.74 Å². The summed E-state index contributed by atoms with van der Waals surface area (Å²) < 4.78 is 5.46. The van der Waals surface area contributed by atoms with Crippen molar-refractivity contribution in [3.63, 3.8) is 0 Å². The van der Waals surface area contributed by atoms with Gasteiger partial charge in [0.1, 0.15) is 0 Å². The van der Waals surface area contributed by atoms with E-state index in [0.29, 0.717) is 6.61 Å². The number of ether oxygens (including phenoxy) is 1. The molecule has 0 atom stereocenters. The normalized spacial score (nSPS) is 10.3. The molecule has 0 bridgehead atoms. The van der Waals surface area contributed by atoms with Gasteiger partial charge in [0.25, 0.3) is 0 Å². The Bertz CT molecular complexity index is 316. The molecule has 0 N–H and O–H groups in total. The van der Waals surface area contributed by atoms with Crippen LogP contribution in [-0.4, -0.2) is 12.6 Å². The second-order valence-corrected chi connectivity index (χ2v) is 3.74. The number of carboxylic acid groups (broad SMARTS) is 1. The topological polar surface area (TPSA) is 49.4 Å². The van der Waals surface area contributed by atoms with E-state index >= 15 is 0 Å². The summed E-state index contributed by atoms with van der Waals surface area (Å²) in [4.78, 5) is 10.5. The van der Waals surface area contributed by atoms with E-state index in [2.05, 4.69) is 6.92 Å². The first kappa shape index (κ1) is 12.7. The zero-order chi connectivity index (χ0) is 11.8. The molecule has 1 rings (SSSR count). The van der Waals surface area contributed by atoms with Crippen molar-refractivity contribution in [2.75, 3.05) is 6.61 Å². The number of rotatable bonds is 7. The van der Waals surface area contributed by atoms with E-state index in [1.807, 2.05) is 0 Å². The molecule has 1 aromatic carbocycles. The molecule has 0 fully saturated rings. The van der Waals surface area contributed by atoms with Crippen LogP contribution in [0.2, 0.25) is 0 Å². The third-order valence-corrected chi connectivity index (χ3v) is 2.35. The number of aromatic carboxylic acids is 1. The van der Waals surface area contributed by atoms with Crippen molar-refractivity contribution in [2.24, 2.45) is 0 Å². The van der Waals surface area contributed by atoms with Crippen LogP contribution in [0.1, 0.15) is 42.1 Å². The van der Waals surface area contributed by atoms with Gasteiger partial charge in [0.2, 0.25) is 0 Å².